The van der Waals surface area contributed by atoms with Gasteiger partial charge in [-0.05, 0) is 13.0 Å². The van der Waals surface area contributed by atoms with E-state index in [1.807, 2.05) is 6.92 Å². The van der Waals surface area contributed by atoms with E-state index in [9.17, 15) is 17.6 Å². The van der Waals surface area contributed by atoms with Crippen molar-refractivity contribution in [2.24, 2.45) is 0 Å². The van der Waals surface area contributed by atoms with Gasteiger partial charge in [0, 0.05) is 12.6 Å². The van der Waals surface area contributed by atoms with E-state index in [2.05, 4.69) is 15.6 Å². The second-order valence-electron chi connectivity index (χ2n) is 3.96. The van der Waals surface area contributed by atoms with Crippen LogP contribution in [0.5, 0.6) is 0 Å². The van der Waals surface area contributed by atoms with Gasteiger partial charge in [0.1, 0.15) is 5.69 Å². The zero-order valence-electron chi connectivity index (χ0n) is 10.5. The molecule has 0 saturated carbocycles. The second kappa shape index (κ2) is 5.77. The molecule has 0 spiro atoms. The Morgan fingerprint density at radius 1 is 0.950 bits per heavy atom. The van der Waals surface area contributed by atoms with Crippen molar-refractivity contribution in [3.63, 3.8) is 0 Å². The van der Waals surface area contributed by atoms with Gasteiger partial charge in [-0.3, -0.25) is 4.98 Å². The van der Waals surface area contributed by atoms with Crippen molar-refractivity contribution in [1.82, 2.24) is 4.98 Å². The van der Waals surface area contributed by atoms with Crippen LogP contribution < -0.4 is 10.6 Å². The molecule has 3 nitrogen and oxygen atoms in total. The molecule has 0 radical (unpaired) electrons. The highest BCUT2D eigenvalue weighted by atomic mass is 19.2. The molecule has 20 heavy (non-hydrogen) atoms. The van der Waals surface area contributed by atoms with Crippen LogP contribution in [0.25, 0.3) is 0 Å². The van der Waals surface area contributed by atoms with Crippen LogP contribution >= 0.6 is 0 Å². The first kappa shape index (κ1) is 14.1. The van der Waals surface area contributed by atoms with Crippen LogP contribution in [0.1, 0.15) is 6.92 Å². The van der Waals surface area contributed by atoms with Gasteiger partial charge in [0.05, 0.1) is 23.8 Å². The van der Waals surface area contributed by atoms with Gasteiger partial charge >= 0.3 is 0 Å². The van der Waals surface area contributed by atoms with Crippen molar-refractivity contribution in [1.29, 1.82) is 0 Å². The molecule has 1 aromatic heterocycles. The number of nitrogens with one attached hydrogen (secondary N) is 2. The normalized spacial score (nSPS) is 10.4. The van der Waals surface area contributed by atoms with Crippen molar-refractivity contribution in [2.45, 2.75) is 6.92 Å². The first-order valence-corrected chi connectivity index (χ1v) is 5.82. The van der Waals surface area contributed by atoms with E-state index in [1.165, 1.54) is 18.5 Å². The summed E-state index contributed by atoms with van der Waals surface area (Å²) in [6, 6.07) is 1.67. The topological polar surface area (TPSA) is 37.0 Å². The third-order valence-electron chi connectivity index (χ3n) is 2.50. The van der Waals surface area contributed by atoms with E-state index in [0.717, 1.165) is 0 Å². The molecule has 2 aromatic rings. The Bertz CT molecular complexity index is 605. The maximum absolute atomic E-state index is 13.5. The van der Waals surface area contributed by atoms with E-state index < -0.39 is 29.0 Å². The molecule has 2 N–H and O–H groups in total. The van der Waals surface area contributed by atoms with Gasteiger partial charge in [0.25, 0.3) is 0 Å². The Labute approximate surface area is 112 Å². The second-order valence-corrected chi connectivity index (χ2v) is 3.96. The lowest BCUT2D eigenvalue weighted by Crippen LogP contribution is -2.04. The third kappa shape index (κ3) is 2.81. The van der Waals surface area contributed by atoms with E-state index in [-0.39, 0.29) is 11.8 Å². The maximum atomic E-state index is 13.5. The standard InChI is InChI=1S/C13H11F4N3/c1-2-19-7-3-8(6-18-5-7)20-13-11(16)9(14)4-10(15)12(13)17/h3-6,19-20H,2H2,1H3. The van der Waals surface area contributed by atoms with Crippen LogP contribution in [0, 0.1) is 23.3 Å². The number of pyridine rings is 1. The fraction of sp³-hybridized carbons (Fsp3) is 0.154. The molecule has 0 amide bonds. The van der Waals surface area contributed by atoms with Crippen molar-refractivity contribution in [2.75, 3.05) is 17.2 Å². The Morgan fingerprint density at radius 3 is 2.15 bits per heavy atom. The monoisotopic (exact) mass is 285 g/mol. The van der Waals surface area contributed by atoms with Gasteiger partial charge in [-0.1, -0.05) is 0 Å². The molecule has 106 valence electrons. The molecule has 0 aliphatic rings. The smallest absolute Gasteiger partial charge is 0.185 e. The summed E-state index contributed by atoms with van der Waals surface area (Å²) in [7, 11) is 0. The molecule has 1 heterocycles. The van der Waals surface area contributed by atoms with Gasteiger partial charge < -0.3 is 10.6 Å². The summed E-state index contributed by atoms with van der Waals surface area (Å²) in [6.07, 6.45) is 2.79. The minimum Gasteiger partial charge on any atom is -0.384 e. The molecule has 0 aliphatic carbocycles. The van der Waals surface area contributed by atoms with Crippen molar-refractivity contribution >= 4 is 17.1 Å². The first-order chi connectivity index (χ1) is 9.52. The Hall–Kier alpha value is -2.31. The highest BCUT2D eigenvalue weighted by Crippen LogP contribution is 2.27. The molecular formula is C13H11F4N3. The van der Waals surface area contributed by atoms with Crippen LogP contribution in [-0.2, 0) is 0 Å². The molecule has 7 heteroatoms. The zero-order chi connectivity index (χ0) is 14.7. The highest BCUT2D eigenvalue weighted by molar-refractivity contribution is 5.64. The number of anilines is 3. The van der Waals surface area contributed by atoms with Gasteiger partial charge in [-0.25, -0.2) is 17.6 Å². The summed E-state index contributed by atoms with van der Waals surface area (Å²) in [4.78, 5) is 3.85. The predicted molar refractivity (Wildman–Crippen MR) is 68.0 cm³/mol. The van der Waals surface area contributed by atoms with E-state index in [0.29, 0.717) is 12.2 Å². The van der Waals surface area contributed by atoms with Crippen LogP contribution in [0.3, 0.4) is 0 Å². The fourth-order valence-corrected chi connectivity index (χ4v) is 1.64. The third-order valence-corrected chi connectivity index (χ3v) is 2.50. The lowest BCUT2D eigenvalue weighted by molar-refractivity contribution is 0.459. The molecule has 2 rings (SSSR count). The average molecular weight is 285 g/mol. The van der Waals surface area contributed by atoms with E-state index in [4.69, 9.17) is 0 Å². The molecule has 0 bridgehead atoms. The number of hydrogen-bond donors (Lipinski definition) is 2. The number of nitrogens with zero attached hydrogens (tertiary/aromatic N) is 1. The van der Waals surface area contributed by atoms with Gasteiger partial charge in [0.15, 0.2) is 23.3 Å². The van der Waals surface area contributed by atoms with Crippen LogP contribution in [-0.4, -0.2) is 11.5 Å². The van der Waals surface area contributed by atoms with Gasteiger partial charge in [-0.2, -0.15) is 0 Å². The van der Waals surface area contributed by atoms with Crippen LogP contribution in [0.2, 0.25) is 0 Å². The number of halogens is 4. The average Bonchev–Trinajstić information content (AvgIpc) is 2.42. The van der Waals surface area contributed by atoms with Gasteiger partial charge in [-0.15, -0.1) is 0 Å². The Morgan fingerprint density at radius 2 is 1.55 bits per heavy atom. The number of aromatic nitrogens is 1. The number of rotatable bonds is 4. The summed E-state index contributed by atoms with van der Waals surface area (Å²) < 4.78 is 53.1. The molecule has 0 aliphatic heterocycles. The highest BCUT2D eigenvalue weighted by Gasteiger charge is 2.19. The summed E-state index contributed by atoms with van der Waals surface area (Å²) in [5, 5.41) is 5.24. The Kier molecular flexibility index (Phi) is 4.07. The summed E-state index contributed by atoms with van der Waals surface area (Å²) in [6.45, 7) is 2.49. The maximum Gasteiger partial charge on any atom is 0.185 e. The largest absolute Gasteiger partial charge is 0.384 e. The van der Waals surface area contributed by atoms with Crippen LogP contribution in [0.15, 0.2) is 24.5 Å². The Balaban J connectivity index is 2.37. The van der Waals surface area contributed by atoms with E-state index in [1.54, 1.807) is 0 Å². The summed E-state index contributed by atoms with van der Waals surface area (Å²) >= 11 is 0. The fourth-order valence-electron chi connectivity index (χ4n) is 1.64. The molecular weight excluding hydrogens is 274 g/mol. The lowest BCUT2D eigenvalue weighted by Gasteiger charge is -2.11. The molecule has 0 saturated heterocycles. The zero-order valence-corrected chi connectivity index (χ0v) is 10.5. The van der Waals surface area contributed by atoms with Crippen molar-refractivity contribution in [3.8, 4) is 0 Å². The molecule has 0 unspecified atom stereocenters. The minimum absolute atomic E-state index is 0.156. The molecule has 0 fully saturated rings. The van der Waals surface area contributed by atoms with Crippen molar-refractivity contribution in [3.05, 3.63) is 47.8 Å². The molecule has 1 aromatic carbocycles. The first-order valence-electron chi connectivity index (χ1n) is 5.82. The summed E-state index contributed by atoms with van der Waals surface area (Å²) in [5.74, 6) is -5.92. The van der Waals surface area contributed by atoms with Crippen LogP contribution in [0.4, 0.5) is 34.6 Å². The van der Waals surface area contributed by atoms with E-state index >= 15 is 0 Å². The predicted octanol–water partition coefficient (Wildman–Crippen LogP) is 3.81. The molecule has 0 atom stereocenters. The summed E-state index contributed by atoms with van der Waals surface area (Å²) in [5.41, 5.74) is -0.0839. The van der Waals surface area contributed by atoms with Gasteiger partial charge in [0.2, 0.25) is 0 Å². The lowest BCUT2D eigenvalue weighted by atomic mass is 10.2. The minimum atomic E-state index is -1.49. The SMILES string of the molecule is CCNc1cncc(Nc2c(F)c(F)cc(F)c2F)c1. The quantitative estimate of drug-likeness (QED) is 0.662. The number of hydrogen-bond acceptors (Lipinski definition) is 3. The van der Waals surface area contributed by atoms with Crippen molar-refractivity contribution < 1.29 is 17.6 Å². The number of benzene rings is 1.